The third kappa shape index (κ3) is 3.22. The molecule has 0 aliphatic rings. The molecule has 100 valence electrons. The summed E-state index contributed by atoms with van der Waals surface area (Å²) in [5.41, 5.74) is -0.480. The fourth-order valence-electron chi connectivity index (χ4n) is 2.04. The van der Waals surface area contributed by atoms with Crippen molar-refractivity contribution in [2.24, 2.45) is 0 Å². The average molecular weight is 274 g/mol. The standard InChI is InChI=1S/C14H18N4S/c1-3-17-14(2,11-15)6-8-18-9-7-16-13(18)12-5-4-10-19-12/h4-5,7,9-10,17H,3,6,8H2,1-2H3. The monoisotopic (exact) mass is 274 g/mol. The van der Waals surface area contributed by atoms with Crippen LogP contribution in [0.15, 0.2) is 29.9 Å². The van der Waals surface area contributed by atoms with E-state index in [1.165, 1.54) is 0 Å². The normalized spacial score (nSPS) is 13.9. The number of hydrogen-bond acceptors (Lipinski definition) is 4. The Hall–Kier alpha value is -1.64. The van der Waals surface area contributed by atoms with Crippen LogP contribution in [0.1, 0.15) is 20.3 Å². The second-order valence-corrected chi connectivity index (χ2v) is 5.59. The quantitative estimate of drug-likeness (QED) is 0.881. The molecule has 4 nitrogen and oxygen atoms in total. The Balaban J connectivity index is 2.09. The molecule has 0 aliphatic carbocycles. The van der Waals surface area contributed by atoms with Gasteiger partial charge in [-0.05, 0) is 31.3 Å². The van der Waals surface area contributed by atoms with Gasteiger partial charge in [-0.2, -0.15) is 5.26 Å². The number of nitrogens with one attached hydrogen (secondary N) is 1. The lowest BCUT2D eigenvalue weighted by atomic mass is 10.00. The van der Waals surface area contributed by atoms with Crippen LogP contribution in [-0.2, 0) is 6.54 Å². The molecular weight excluding hydrogens is 256 g/mol. The maximum absolute atomic E-state index is 9.26. The van der Waals surface area contributed by atoms with E-state index in [4.69, 9.17) is 0 Å². The van der Waals surface area contributed by atoms with Crippen LogP contribution in [0.5, 0.6) is 0 Å². The van der Waals surface area contributed by atoms with Crippen LogP contribution in [0.4, 0.5) is 0 Å². The summed E-state index contributed by atoms with van der Waals surface area (Å²) in [4.78, 5) is 5.56. The second-order valence-electron chi connectivity index (χ2n) is 4.65. The van der Waals surface area contributed by atoms with Gasteiger partial charge in [-0.3, -0.25) is 5.32 Å². The van der Waals surface area contributed by atoms with Gasteiger partial charge in [0.2, 0.25) is 0 Å². The molecule has 0 amide bonds. The highest BCUT2D eigenvalue weighted by atomic mass is 32.1. The van der Waals surface area contributed by atoms with E-state index in [1.807, 2.05) is 37.7 Å². The highest BCUT2D eigenvalue weighted by Gasteiger charge is 2.22. The summed E-state index contributed by atoms with van der Waals surface area (Å²) in [6.45, 7) is 5.54. The number of aromatic nitrogens is 2. The van der Waals surface area contributed by atoms with E-state index < -0.39 is 5.54 Å². The maximum Gasteiger partial charge on any atom is 0.149 e. The van der Waals surface area contributed by atoms with Gasteiger partial charge in [0.1, 0.15) is 11.4 Å². The molecule has 0 aliphatic heterocycles. The summed E-state index contributed by atoms with van der Waals surface area (Å²) in [5.74, 6) is 0.979. The number of imidazole rings is 1. The smallest absolute Gasteiger partial charge is 0.149 e. The lowest BCUT2D eigenvalue weighted by Crippen LogP contribution is -2.41. The zero-order valence-electron chi connectivity index (χ0n) is 11.3. The Bertz CT molecular complexity index is 552. The molecule has 2 rings (SSSR count). The maximum atomic E-state index is 9.26. The molecule has 5 heteroatoms. The van der Waals surface area contributed by atoms with Gasteiger partial charge in [0.15, 0.2) is 0 Å². The van der Waals surface area contributed by atoms with E-state index in [0.717, 1.165) is 30.2 Å². The van der Waals surface area contributed by atoms with Crippen LogP contribution in [-0.4, -0.2) is 21.6 Å². The fourth-order valence-corrected chi connectivity index (χ4v) is 2.77. The van der Waals surface area contributed by atoms with E-state index in [9.17, 15) is 5.26 Å². The Labute approximate surface area is 117 Å². The van der Waals surface area contributed by atoms with Crippen molar-refractivity contribution in [3.8, 4) is 16.8 Å². The molecule has 1 unspecified atom stereocenters. The first kappa shape index (κ1) is 13.8. The molecular formula is C14H18N4S. The number of nitriles is 1. The second kappa shape index (κ2) is 6.00. The molecule has 0 saturated carbocycles. The zero-order chi connectivity index (χ0) is 13.7. The highest BCUT2D eigenvalue weighted by Crippen LogP contribution is 2.23. The zero-order valence-corrected chi connectivity index (χ0v) is 12.1. The first-order valence-corrected chi connectivity index (χ1v) is 7.28. The van der Waals surface area contributed by atoms with E-state index in [2.05, 4.69) is 27.0 Å². The molecule has 0 bridgehead atoms. The van der Waals surface area contributed by atoms with Gasteiger partial charge in [-0.25, -0.2) is 4.98 Å². The third-order valence-electron chi connectivity index (χ3n) is 3.12. The van der Waals surface area contributed by atoms with Crippen molar-refractivity contribution in [2.75, 3.05) is 6.54 Å². The van der Waals surface area contributed by atoms with Gasteiger partial charge in [-0.15, -0.1) is 11.3 Å². The summed E-state index contributed by atoms with van der Waals surface area (Å²) in [7, 11) is 0. The van der Waals surface area contributed by atoms with Crippen molar-refractivity contribution < 1.29 is 0 Å². The van der Waals surface area contributed by atoms with Crippen LogP contribution in [0.3, 0.4) is 0 Å². The van der Waals surface area contributed by atoms with Crippen molar-refractivity contribution in [3.63, 3.8) is 0 Å². The molecule has 1 N–H and O–H groups in total. The van der Waals surface area contributed by atoms with Crippen LogP contribution in [0.2, 0.25) is 0 Å². The van der Waals surface area contributed by atoms with Crippen molar-refractivity contribution in [1.29, 1.82) is 5.26 Å². The molecule has 2 aromatic rings. The number of aryl methyl sites for hydroxylation is 1. The average Bonchev–Trinajstić information content (AvgIpc) is 3.07. The minimum atomic E-state index is -0.480. The molecule has 0 saturated heterocycles. The molecule has 1 atom stereocenters. The number of nitrogens with zero attached hydrogens (tertiary/aromatic N) is 3. The van der Waals surface area contributed by atoms with Crippen LogP contribution in [0.25, 0.3) is 10.7 Å². The first-order chi connectivity index (χ1) is 9.18. The molecule has 0 aromatic carbocycles. The van der Waals surface area contributed by atoms with E-state index in [1.54, 1.807) is 11.3 Å². The van der Waals surface area contributed by atoms with Gasteiger partial charge in [-0.1, -0.05) is 13.0 Å². The summed E-state index contributed by atoms with van der Waals surface area (Å²) < 4.78 is 2.11. The van der Waals surface area contributed by atoms with Gasteiger partial charge in [0, 0.05) is 18.9 Å². The van der Waals surface area contributed by atoms with E-state index in [0.29, 0.717) is 0 Å². The van der Waals surface area contributed by atoms with Crippen molar-refractivity contribution in [2.45, 2.75) is 32.4 Å². The topological polar surface area (TPSA) is 53.6 Å². The van der Waals surface area contributed by atoms with Crippen LogP contribution >= 0.6 is 11.3 Å². The van der Waals surface area contributed by atoms with Crippen LogP contribution in [0, 0.1) is 11.3 Å². The third-order valence-corrected chi connectivity index (χ3v) is 3.99. The van der Waals surface area contributed by atoms with Crippen molar-refractivity contribution in [1.82, 2.24) is 14.9 Å². The summed E-state index contributed by atoms with van der Waals surface area (Å²) >= 11 is 1.68. The largest absolute Gasteiger partial charge is 0.330 e. The fraction of sp³-hybridized carbons (Fsp3) is 0.429. The van der Waals surface area contributed by atoms with Crippen molar-refractivity contribution in [3.05, 3.63) is 29.9 Å². The van der Waals surface area contributed by atoms with Gasteiger partial charge >= 0.3 is 0 Å². The van der Waals surface area contributed by atoms with Gasteiger partial charge in [0.05, 0.1) is 10.9 Å². The Kier molecular flexibility index (Phi) is 4.35. The first-order valence-electron chi connectivity index (χ1n) is 6.40. The minimum Gasteiger partial charge on any atom is -0.330 e. The molecule has 0 fully saturated rings. The van der Waals surface area contributed by atoms with Crippen LogP contribution < -0.4 is 5.32 Å². The highest BCUT2D eigenvalue weighted by molar-refractivity contribution is 7.13. The molecule has 0 radical (unpaired) electrons. The molecule has 0 spiro atoms. The van der Waals surface area contributed by atoms with E-state index >= 15 is 0 Å². The summed E-state index contributed by atoms with van der Waals surface area (Å²) in [6, 6.07) is 6.45. The minimum absolute atomic E-state index is 0.480. The lowest BCUT2D eigenvalue weighted by molar-refractivity contribution is 0.402. The Morgan fingerprint density at radius 1 is 1.58 bits per heavy atom. The number of thiophene rings is 1. The SMILES string of the molecule is CCNC(C)(C#N)CCn1ccnc1-c1cccs1. The van der Waals surface area contributed by atoms with Gasteiger partial charge < -0.3 is 4.57 Å². The van der Waals surface area contributed by atoms with E-state index in [-0.39, 0.29) is 0 Å². The molecule has 19 heavy (non-hydrogen) atoms. The predicted octanol–water partition coefficient (Wildman–Crippen LogP) is 2.89. The predicted molar refractivity (Wildman–Crippen MR) is 77.9 cm³/mol. The molecule has 2 aromatic heterocycles. The number of hydrogen-bond donors (Lipinski definition) is 1. The number of rotatable bonds is 6. The van der Waals surface area contributed by atoms with Gasteiger partial charge in [0.25, 0.3) is 0 Å². The van der Waals surface area contributed by atoms with Crippen molar-refractivity contribution >= 4 is 11.3 Å². The lowest BCUT2D eigenvalue weighted by Gasteiger charge is -2.22. The molecule has 2 heterocycles. The summed E-state index contributed by atoms with van der Waals surface area (Å²) in [5, 5.41) is 14.5. The Morgan fingerprint density at radius 3 is 3.05 bits per heavy atom. The summed E-state index contributed by atoms with van der Waals surface area (Å²) in [6.07, 6.45) is 4.54. The Morgan fingerprint density at radius 2 is 2.42 bits per heavy atom.